The third-order valence-electron chi connectivity index (χ3n) is 11.9. The van der Waals surface area contributed by atoms with Crippen molar-refractivity contribution in [2.75, 3.05) is 0 Å². The van der Waals surface area contributed by atoms with Crippen molar-refractivity contribution < 1.29 is 8.82 Å². The summed E-state index contributed by atoms with van der Waals surface area (Å²) >= 11 is 0. The van der Waals surface area contributed by atoms with Gasteiger partial charge in [0.15, 0.2) is 0 Å². The van der Waals surface area contributed by atoms with E-state index in [4.69, 9.17) is 9.40 Å². The fraction of sp³-hybridized carbons (Fsp3) is 0.0182. The van der Waals surface area contributed by atoms with E-state index >= 15 is 0 Å². The molecule has 0 fully saturated rings. The molecule has 10 aromatic rings. The van der Waals surface area contributed by atoms with E-state index in [0.717, 1.165) is 109 Å². The molecule has 282 valence electrons. The molecule has 14 bridgehead atoms. The van der Waals surface area contributed by atoms with E-state index < -0.39 is 0 Å². The quantitative estimate of drug-likeness (QED) is 0.123. The highest BCUT2D eigenvalue weighted by molar-refractivity contribution is 6.18. The molecule has 0 spiro atoms. The number of rotatable bonds is 1. The van der Waals surface area contributed by atoms with E-state index in [-0.39, 0.29) is 0 Å². The number of hydrogen-bond acceptors (Lipinski definition) is 2. The zero-order valence-electron chi connectivity index (χ0n) is 32.7. The second-order valence-corrected chi connectivity index (χ2v) is 15.3. The van der Waals surface area contributed by atoms with Gasteiger partial charge in [0.1, 0.15) is 11.2 Å². The molecule has 0 amide bonds. The Morgan fingerprint density at radius 3 is 1.83 bits per heavy atom. The number of imidazole rings is 1. The molecule has 0 radical (unpaired) electrons. The summed E-state index contributed by atoms with van der Waals surface area (Å²) in [6, 6.07) is 60.9. The molecular formula is C55H36N4O. The Kier molecular flexibility index (Phi) is 7.69. The van der Waals surface area contributed by atoms with E-state index in [9.17, 15) is 0 Å². The van der Waals surface area contributed by atoms with E-state index in [1.807, 2.05) is 13.3 Å². The molecule has 0 N–H and O–H groups in total. The Morgan fingerprint density at radius 2 is 1.08 bits per heavy atom. The van der Waals surface area contributed by atoms with Crippen LogP contribution in [0.2, 0.25) is 0 Å². The van der Waals surface area contributed by atoms with Crippen molar-refractivity contribution >= 4 is 93.3 Å². The largest absolute Gasteiger partial charge is 0.455 e. The maximum atomic E-state index is 7.19. The lowest BCUT2D eigenvalue weighted by molar-refractivity contribution is -0.514. The number of fused-ring (bicyclic) bond motifs is 14. The number of hydrogen-bond donors (Lipinski definition) is 0. The summed E-state index contributed by atoms with van der Waals surface area (Å²) in [4.78, 5) is 5.49. The normalized spacial score (nSPS) is 12.0. The van der Waals surface area contributed by atoms with Crippen LogP contribution in [0.4, 0.5) is 0 Å². The van der Waals surface area contributed by atoms with Crippen LogP contribution in [0.15, 0.2) is 199 Å². The average molecular weight is 769 g/mol. The molecule has 2 aromatic heterocycles. The Morgan fingerprint density at radius 1 is 0.533 bits per heavy atom. The zero-order valence-corrected chi connectivity index (χ0v) is 32.7. The van der Waals surface area contributed by atoms with Crippen LogP contribution in [-0.4, -0.2) is 14.0 Å². The van der Waals surface area contributed by atoms with Crippen molar-refractivity contribution in [1.29, 1.82) is 0 Å². The Bertz CT molecular complexity index is 3860. The average Bonchev–Trinajstić information content (AvgIpc) is 3.96. The highest BCUT2D eigenvalue weighted by Crippen LogP contribution is 2.43. The molecule has 2 aliphatic rings. The van der Waals surface area contributed by atoms with Gasteiger partial charge < -0.3 is 8.98 Å². The molecule has 5 heteroatoms. The van der Waals surface area contributed by atoms with Crippen LogP contribution >= 0.6 is 0 Å². The van der Waals surface area contributed by atoms with Gasteiger partial charge in [-0.2, -0.15) is 0 Å². The van der Waals surface area contributed by atoms with Crippen molar-refractivity contribution in [3.63, 3.8) is 0 Å². The first-order valence-corrected chi connectivity index (χ1v) is 20.3. The van der Waals surface area contributed by atoms with Crippen LogP contribution in [0.5, 0.6) is 0 Å². The third-order valence-corrected chi connectivity index (χ3v) is 11.9. The van der Waals surface area contributed by atoms with E-state index in [1.54, 1.807) is 0 Å². The molecule has 0 atom stereocenters. The van der Waals surface area contributed by atoms with Crippen LogP contribution in [0.3, 0.4) is 0 Å². The molecule has 4 heterocycles. The summed E-state index contributed by atoms with van der Waals surface area (Å²) in [5.74, 6) is 0. The molecular weight excluding hydrogens is 733 g/mol. The lowest BCUT2D eigenvalue weighted by Gasteiger charge is -2.10. The van der Waals surface area contributed by atoms with Crippen LogP contribution in [0.1, 0.15) is 6.92 Å². The molecule has 0 aliphatic carbocycles. The maximum absolute atomic E-state index is 7.19. The van der Waals surface area contributed by atoms with Crippen LogP contribution in [0.25, 0.3) is 116 Å². The second-order valence-electron chi connectivity index (χ2n) is 15.3. The maximum Gasteiger partial charge on any atom is 0.268 e. The van der Waals surface area contributed by atoms with Crippen LogP contribution < -0.4 is 4.40 Å². The van der Waals surface area contributed by atoms with Gasteiger partial charge in [0.25, 0.3) is 6.33 Å². The van der Waals surface area contributed by atoms with Crippen LogP contribution in [0, 0.1) is 6.33 Å². The summed E-state index contributed by atoms with van der Waals surface area (Å²) in [5.41, 5.74) is 9.63. The standard InChI is InChI=1S/C55H36N4O/c1-2-29-57-34-56-53-42-19-9-21-44(53)46-23-11-25-48-47-24-10-22-45(54(47)60-55(46)48)43-20-12-28-51(52(43)39-16-8-14-37(33-39)40-17-3-5-26-49(40)57)59-31-30-58(35-59)50-27-6-4-18-41(50)36-13-7-15-38(42)32-36/h2-34H,1H3/b29-2-,56-34?. The van der Waals surface area contributed by atoms with Crippen LogP contribution in [-0.2, 0) is 0 Å². The predicted octanol–water partition coefficient (Wildman–Crippen LogP) is 13.9. The number of para-hydroxylation sites is 5. The van der Waals surface area contributed by atoms with E-state index in [2.05, 4.69) is 214 Å². The highest BCUT2D eigenvalue weighted by Gasteiger charge is 2.19. The van der Waals surface area contributed by atoms with Gasteiger partial charge in [0.05, 0.1) is 28.4 Å². The van der Waals surface area contributed by atoms with Crippen molar-refractivity contribution in [3.05, 3.63) is 201 Å². The lowest BCUT2D eigenvalue weighted by Crippen LogP contribution is -2.17. The number of nitrogens with zero attached hydrogens (tertiary/aromatic N) is 4. The minimum Gasteiger partial charge on any atom is -0.455 e. The van der Waals surface area contributed by atoms with Gasteiger partial charge in [-0.25, -0.2) is 4.98 Å². The third kappa shape index (κ3) is 5.26. The Balaban J connectivity index is 1.46. The molecule has 0 saturated heterocycles. The molecule has 0 unspecified atom stereocenters. The fourth-order valence-corrected chi connectivity index (χ4v) is 9.26. The fourth-order valence-electron chi connectivity index (χ4n) is 9.26. The summed E-state index contributed by atoms with van der Waals surface area (Å²) < 4.78 is 13.6. The summed E-state index contributed by atoms with van der Waals surface area (Å²) in [5, 5.41) is 10.7. The van der Waals surface area contributed by atoms with Crippen molar-refractivity contribution in [2.24, 2.45) is 0 Å². The number of allylic oxidation sites excluding steroid dienone is 1. The second kappa shape index (κ2) is 13.5. The number of benzene rings is 8. The zero-order chi connectivity index (χ0) is 39.7. The van der Waals surface area contributed by atoms with Crippen molar-refractivity contribution in [3.8, 4) is 22.3 Å². The molecule has 12 rings (SSSR count). The van der Waals surface area contributed by atoms with Gasteiger partial charge in [0, 0.05) is 62.2 Å². The monoisotopic (exact) mass is 768 g/mol. The van der Waals surface area contributed by atoms with E-state index in [0.29, 0.717) is 0 Å². The number of aromatic nitrogens is 4. The topological polar surface area (TPSA) is 39.5 Å². The molecule has 8 aromatic carbocycles. The minimum absolute atomic E-state index is 0.827. The Labute approximate surface area is 344 Å². The first-order chi connectivity index (χ1) is 29.7. The summed E-state index contributed by atoms with van der Waals surface area (Å²) in [7, 11) is 0. The molecule has 2 aliphatic heterocycles. The molecule has 5 nitrogen and oxygen atoms in total. The molecule has 60 heavy (non-hydrogen) atoms. The SMILES string of the molecule is C/C=C\n1cnc2c3cccc2c2cccc(c2)c2ccccc2n2[c-][n+](cc2)c2cccc(c2c2cccc(c2)c2ccccc21)-c1cccc2c1oc1c-3cccc12. The molecule has 0 saturated carbocycles. The Hall–Kier alpha value is -8.02. The first-order valence-electron chi connectivity index (χ1n) is 20.3. The van der Waals surface area contributed by atoms with Gasteiger partial charge in [-0.15, -0.1) is 0 Å². The van der Waals surface area contributed by atoms with Gasteiger partial charge in [-0.05, 0) is 69.8 Å². The van der Waals surface area contributed by atoms with Crippen molar-refractivity contribution in [1.82, 2.24) is 14.0 Å². The van der Waals surface area contributed by atoms with Gasteiger partial charge >= 0.3 is 0 Å². The smallest absolute Gasteiger partial charge is 0.268 e. The first kappa shape index (κ1) is 34.1. The van der Waals surface area contributed by atoms with Gasteiger partial charge in [-0.3, -0.25) is 8.80 Å². The van der Waals surface area contributed by atoms with E-state index in [1.165, 1.54) is 0 Å². The summed E-state index contributed by atoms with van der Waals surface area (Å²) in [6.45, 7) is 2.04. The number of furan rings is 1. The lowest BCUT2D eigenvalue weighted by atomic mass is 9.95. The van der Waals surface area contributed by atoms with Gasteiger partial charge in [0.2, 0.25) is 0 Å². The minimum atomic E-state index is 0.827. The highest BCUT2D eigenvalue weighted by atomic mass is 16.3. The van der Waals surface area contributed by atoms with Crippen molar-refractivity contribution in [2.45, 2.75) is 6.92 Å². The predicted molar refractivity (Wildman–Crippen MR) is 248 cm³/mol. The van der Waals surface area contributed by atoms with Gasteiger partial charge in [-0.1, -0.05) is 146 Å². The summed E-state index contributed by atoms with van der Waals surface area (Å²) in [6.07, 6.45) is 14.0.